The standard InChI is InChI=1S/C35H35FN6O3.C31H33ClFN7O.C29H31ClFN9O2/c1-7-29(44)40-17-22(6)41(18-21(40)5)33-27-16-28(36)31(26-15-24(43)14-23-10-8-9-11-25(23)26)38-34(27)42(35(45)39-33)32-20(4)12-13-37-30(32)19(2)3;1-8-26(41)38-14-19(5)39(15-18(38)4)30-23-13-24(32)28(22-11-9-10-12-25(22)33)37-31(23)40(21(7)36-30)29-20(6)34-16-35-27(29)17(2)3;1-6-21(41)38-11-16(5)39(12-15(38)4)27-17-10-18(30)24(22-19(31)8-7-9-20(22)32)36-28(17)40(29(42)37-27)25-23(14(2)3)34-13-35-26(25)33/h7-16,19,21-22,43H,1,17-18H2,2-6H3;8-13,16-19H,1,7,14-15H2,2-6H3;6-10,13-16H,1,11-12,32H2,2-5H3,(H2,33,34,35). The van der Waals surface area contributed by atoms with E-state index in [1.54, 1.807) is 64.8 Å². The van der Waals surface area contributed by atoms with Crippen LogP contribution in [0.5, 0.6) is 5.75 Å². The zero-order chi connectivity index (χ0) is 92.2. The Balaban J connectivity index is 0.000000156. The van der Waals surface area contributed by atoms with Gasteiger partial charge in [-0.05, 0) is 168 Å². The Morgan fingerprint density at radius 2 is 0.992 bits per heavy atom. The van der Waals surface area contributed by atoms with Crippen LogP contribution in [-0.4, -0.2) is 183 Å². The maximum absolute atomic E-state index is 16.4. The first-order valence-electron chi connectivity index (χ1n) is 42.0. The van der Waals surface area contributed by atoms with E-state index in [4.69, 9.17) is 54.6 Å². The van der Waals surface area contributed by atoms with Crippen LogP contribution in [0, 0.1) is 31.3 Å². The molecule has 28 nitrogen and oxygen atoms in total. The van der Waals surface area contributed by atoms with E-state index in [1.165, 1.54) is 64.0 Å². The zero-order valence-corrected chi connectivity index (χ0v) is 75.0. The molecule has 0 radical (unpaired) electrons. The minimum absolute atomic E-state index is 0.00155. The SMILES string of the molecule is C=CC(=O)N1CC(C)N(C2=NC(=C)N(c3c(C)ncnc3C(C)C)c3nc(-c4ccccc4F)c(Cl)cc32)CC1C.C=CC(=O)N1CC(C)N(c2nc(=O)n(-c3c(C)ccnc3C(C)C)c3nc(-c4cc(O)cc5ccccc45)c(F)cc23)CC1C.C=CC(=O)N1CC(C)N(c2nc(=O)n(-c3c(N)ncnc3C(C)C)c3nc(-c4c(N)cccc4F)c(Cl)cc23)CC1C. The third kappa shape index (κ3) is 16.9. The van der Waals surface area contributed by atoms with Crippen LogP contribution < -0.4 is 37.5 Å². The van der Waals surface area contributed by atoms with Crippen LogP contribution in [0.4, 0.5) is 47.8 Å². The quantitative estimate of drug-likeness (QED) is 0.0672. The van der Waals surface area contributed by atoms with Crippen LogP contribution in [0.1, 0.15) is 135 Å². The highest BCUT2D eigenvalue weighted by Crippen LogP contribution is 2.46. The fraction of sp³-hybridized carbons (Fsp3) is 0.305. The lowest BCUT2D eigenvalue weighted by molar-refractivity contribution is -0.131. The number of pyridine rings is 4. The number of benzene rings is 4. The van der Waals surface area contributed by atoms with Gasteiger partial charge in [-0.3, -0.25) is 24.3 Å². The van der Waals surface area contributed by atoms with E-state index < -0.39 is 28.8 Å². The second-order valence-corrected chi connectivity index (χ2v) is 34.2. The molecule has 0 bridgehead atoms. The van der Waals surface area contributed by atoms with Gasteiger partial charge in [0.2, 0.25) is 17.7 Å². The van der Waals surface area contributed by atoms with Gasteiger partial charge in [-0.15, -0.1) is 0 Å². The van der Waals surface area contributed by atoms with Crippen molar-refractivity contribution in [1.29, 1.82) is 0 Å². The van der Waals surface area contributed by atoms with Gasteiger partial charge < -0.3 is 46.0 Å². The number of nitrogen functional groups attached to an aromatic ring is 2. The zero-order valence-electron chi connectivity index (χ0n) is 73.5. The van der Waals surface area contributed by atoms with E-state index in [2.05, 4.69) is 80.0 Å². The Hall–Kier alpha value is -13.8. The van der Waals surface area contributed by atoms with E-state index in [-0.39, 0.29) is 128 Å². The maximum atomic E-state index is 16.4. The van der Waals surface area contributed by atoms with Crippen molar-refractivity contribution >= 4 is 114 Å². The number of anilines is 6. The van der Waals surface area contributed by atoms with Crippen molar-refractivity contribution in [3.05, 3.63) is 255 Å². The summed E-state index contributed by atoms with van der Waals surface area (Å²) >= 11 is 13.6. The number of carbonyl (C=O) groups excluding carboxylic acids is 3. The number of fused-ring (bicyclic) bond motifs is 4. The topological polar surface area (TPSA) is 331 Å². The van der Waals surface area contributed by atoms with Gasteiger partial charge in [0.05, 0.1) is 77.5 Å². The van der Waals surface area contributed by atoms with Crippen molar-refractivity contribution in [2.45, 2.75) is 151 Å². The fourth-order valence-corrected chi connectivity index (χ4v) is 17.7. The molecule has 0 aliphatic carbocycles. The molecule has 4 aromatic carbocycles. The van der Waals surface area contributed by atoms with Gasteiger partial charge in [0.15, 0.2) is 22.9 Å². The highest BCUT2D eigenvalue weighted by molar-refractivity contribution is 6.34. The summed E-state index contributed by atoms with van der Waals surface area (Å²) in [5.74, 6) is -0.0365. The number of aromatic nitrogens is 12. The Bertz CT molecular complexity index is 6660. The molecule has 8 aromatic heterocycles. The summed E-state index contributed by atoms with van der Waals surface area (Å²) in [6.07, 6.45) is 8.49. The molecule has 5 N–H and O–H groups in total. The summed E-state index contributed by atoms with van der Waals surface area (Å²) < 4.78 is 49.1. The minimum atomic E-state index is -0.687. The van der Waals surface area contributed by atoms with Crippen molar-refractivity contribution in [2.24, 2.45) is 4.99 Å². The van der Waals surface area contributed by atoms with Gasteiger partial charge in [-0.25, -0.2) is 71.8 Å². The van der Waals surface area contributed by atoms with Gasteiger partial charge in [0.25, 0.3) is 0 Å². The van der Waals surface area contributed by atoms with Crippen LogP contribution in [0.15, 0.2) is 187 Å². The molecule has 33 heteroatoms. The molecule has 16 rings (SSSR count). The van der Waals surface area contributed by atoms with Gasteiger partial charge in [-0.2, -0.15) is 9.97 Å². The first-order valence-corrected chi connectivity index (χ1v) is 42.8. The monoisotopic (exact) mass is 1770 g/mol. The molecule has 3 amide bonds. The Morgan fingerprint density at radius 1 is 0.492 bits per heavy atom. The number of nitrogens with zero attached hydrogens (tertiary/aromatic N) is 20. The maximum Gasteiger partial charge on any atom is 0.356 e. The summed E-state index contributed by atoms with van der Waals surface area (Å²) in [7, 11) is 0. The number of hydrogen-bond donors (Lipinski definition) is 3. The number of piperazine rings is 3. The molecule has 6 atom stereocenters. The number of hydrogen-bond acceptors (Lipinski definition) is 23. The predicted molar refractivity (Wildman–Crippen MR) is 498 cm³/mol. The molecule has 4 aliphatic heterocycles. The average molecular weight is 1770 g/mol. The Labute approximate surface area is 748 Å². The number of aliphatic imine (C=N–C) groups is 1. The van der Waals surface area contributed by atoms with Crippen molar-refractivity contribution in [1.82, 2.24) is 78.6 Å². The lowest BCUT2D eigenvalue weighted by atomic mass is 10.00. The molecule has 4 aliphatic rings. The number of halogens is 5. The third-order valence-electron chi connectivity index (χ3n) is 23.5. The van der Waals surface area contributed by atoms with E-state index in [1.807, 2.05) is 133 Å². The number of phenolic OH excluding ortho intramolecular Hbond substituents is 1. The highest BCUT2D eigenvalue weighted by atomic mass is 35.5. The van der Waals surface area contributed by atoms with Crippen molar-refractivity contribution < 1.29 is 32.7 Å². The predicted octanol–water partition coefficient (Wildman–Crippen LogP) is 16.1. The molecule has 0 spiro atoms. The molecular formula is C95H99Cl2F3N22O6. The van der Waals surface area contributed by atoms with Crippen LogP contribution in [0.3, 0.4) is 0 Å². The molecule has 0 saturated carbocycles. The summed E-state index contributed by atoms with van der Waals surface area (Å²) in [6, 6.07) is 26.7. The number of carbonyl (C=O) groups is 3. The van der Waals surface area contributed by atoms with Gasteiger partial charge >= 0.3 is 11.4 Å². The van der Waals surface area contributed by atoms with Crippen LogP contribution in [0.25, 0.3) is 78.0 Å². The Morgan fingerprint density at radius 3 is 1.56 bits per heavy atom. The highest BCUT2D eigenvalue weighted by Gasteiger charge is 2.42. The number of phenols is 1. The van der Waals surface area contributed by atoms with Crippen molar-refractivity contribution in [2.75, 3.05) is 65.4 Å². The largest absolute Gasteiger partial charge is 0.508 e. The molecule has 12 heterocycles. The molecule has 128 heavy (non-hydrogen) atoms. The number of rotatable bonds is 14. The molecule has 660 valence electrons. The number of amidine groups is 1. The molecule has 3 fully saturated rings. The van der Waals surface area contributed by atoms with Crippen LogP contribution in [0.2, 0.25) is 10.0 Å². The number of nitrogens with two attached hydrogens (primary N) is 2. The summed E-state index contributed by atoms with van der Waals surface area (Å²) in [4.78, 5) is 130. The first kappa shape index (κ1) is 90.4. The molecule has 12 aromatic rings. The van der Waals surface area contributed by atoms with E-state index in [0.717, 1.165) is 28.0 Å². The lowest BCUT2D eigenvalue weighted by Gasteiger charge is -2.46. The number of aromatic hydroxyl groups is 1. The van der Waals surface area contributed by atoms with E-state index in [9.17, 15) is 33.5 Å². The Kier molecular flexibility index (Phi) is 25.9. The summed E-state index contributed by atoms with van der Waals surface area (Å²) in [6.45, 7) is 45.2. The van der Waals surface area contributed by atoms with E-state index >= 15 is 8.78 Å². The van der Waals surface area contributed by atoms with Crippen molar-refractivity contribution in [3.8, 4) is 50.9 Å². The first-order chi connectivity index (χ1) is 61.0. The second kappa shape index (κ2) is 36.6. The third-order valence-corrected chi connectivity index (χ3v) is 24.1. The summed E-state index contributed by atoms with van der Waals surface area (Å²) in [5.41, 5.74) is 18.4. The van der Waals surface area contributed by atoms with E-state index in [0.29, 0.717) is 129 Å². The smallest absolute Gasteiger partial charge is 0.356 e. The van der Waals surface area contributed by atoms with Gasteiger partial charge in [0.1, 0.15) is 70.5 Å². The average Bonchev–Trinajstić information content (AvgIpc) is 0.853. The molecule has 6 unspecified atom stereocenters. The molecular weight excluding hydrogens is 1670 g/mol. The summed E-state index contributed by atoms with van der Waals surface area (Å²) in [5, 5.41) is 13.2. The number of aryl methyl sites for hydroxylation is 2. The minimum Gasteiger partial charge on any atom is -0.508 e. The van der Waals surface area contributed by atoms with Crippen LogP contribution >= 0.6 is 23.2 Å². The van der Waals surface area contributed by atoms with Crippen molar-refractivity contribution in [3.63, 3.8) is 0 Å². The lowest BCUT2D eigenvalue weighted by Crippen LogP contribution is -2.59. The second-order valence-electron chi connectivity index (χ2n) is 33.4. The molecule has 3 saturated heterocycles. The van der Waals surface area contributed by atoms with Crippen LogP contribution in [-0.2, 0) is 14.4 Å². The van der Waals surface area contributed by atoms with Gasteiger partial charge in [-0.1, -0.05) is 134 Å². The number of amides is 3. The fourth-order valence-electron chi connectivity index (χ4n) is 17.2. The van der Waals surface area contributed by atoms with Gasteiger partial charge in [0, 0.05) is 98.5 Å². The normalized spacial score (nSPS) is 17.7.